The molecule has 9 nitrogen and oxygen atoms in total. The first kappa shape index (κ1) is 27.1. The molecule has 0 radical (unpaired) electrons. The molecule has 3 amide bonds. The molecular weight excluding hydrogens is 526 g/mol. The van der Waals surface area contributed by atoms with E-state index in [1.54, 1.807) is 47.7 Å². The molecule has 10 heteroatoms. The number of rotatable bonds is 2. The number of aromatic hydroxyl groups is 1. The van der Waals surface area contributed by atoms with E-state index in [0.717, 1.165) is 26.6 Å². The van der Waals surface area contributed by atoms with Gasteiger partial charge in [0, 0.05) is 35.6 Å². The second kappa shape index (κ2) is 12.2. The fourth-order valence-corrected chi connectivity index (χ4v) is 5.49. The molecule has 0 unspecified atom stereocenters. The van der Waals surface area contributed by atoms with Crippen LogP contribution in [0, 0.1) is 6.92 Å². The fraction of sp³-hybridized carbons (Fsp3) is 0.267. The van der Waals surface area contributed by atoms with Crippen molar-refractivity contribution in [2.45, 2.75) is 26.2 Å². The van der Waals surface area contributed by atoms with Gasteiger partial charge in [0.05, 0.1) is 17.1 Å². The molecule has 0 spiro atoms. The summed E-state index contributed by atoms with van der Waals surface area (Å²) < 4.78 is 0. The monoisotopic (exact) mass is 557 g/mol. The zero-order valence-corrected chi connectivity index (χ0v) is 23.0. The van der Waals surface area contributed by atoms with Gasteiger partial charge >= 0.3 is 0 Å². The summed E-state index contributed by atoms with van der Waals surface area (Å²) in [5.41, 5.74) is 3.79. The maximum atomic E-state index is 13.4. The predicted molar refractivity (Wildman–Crippen MR) is 154 cm³/mol. The van der Waals surface area contributed by atoms with Crippen LogP contribution in [0.4, 0.5) is 0 Å². The largest absolute Gasteiger partial charge is 0.507 e. The Bertz CT molecular complexity index is 1540. The number of benzene rings is 2. The summed E-state index contributed by atoms with van der Waals surface area (Å²) in [5, 5.41) is 23.5. The van der Waals surface area contributed by atoms with Crippen LogP contribution in [-0.4, -0.2) is 64.1 Å². The third kappa shape index (κ3) is 6.40. The van der Waals surface area contributed by atoms with Crippen LogP contribution < -0.4 is 10.6 Å². The van der Waals surface area contributed by atoms with Crippen molar-refractivity contribution in [2.24, 2.45) is 0 Å². The van der Waals surface area contributed by atoms with Gasteiger partial charge in [-0.15, -0.1) is 11.3 Å². The van der Waals surface area contributed by atoms with E-state index in [0.29, 0.717) is 50.0 Å². The molecule has 5 rings (SSSR count). The van der Waals surface area contributed by atoms with Crippen molar-refractivity contribution in [2.75, 3.05) is 26.2 Å². The van der Waals surface area contributed by atoms with Crippen molar-refractivity contribution in [3.63, 3.8) is 0 Å². The lowest BCUT2D eigenvalue weighted by atomic mass is 9.98. The first-order valence-electron chi connectivity index (χ1n) is 13.3. The lowest BCUT2D eigenvalue weighted by Gasteiger charge is -2.21. The number of phenols is 1. The van der Waals surface area contributed by atoms with Crippen molar-refractivity contribution in [1.29, 1.82) is 0 Å². The molecule has 0 saturated carbocycles. The van der Waals surface area contributed by atoms with Crippen LogP contribution in [0.3, 0.4) is 0 Å². The average Bonchev–Trinajstić information content (AvgIpc) is 3.61. The number of phenolic OH excluding ortho intramolecular Hbond substituents is 1. The topological polar surface area (TPSA) is 127 Å². The number of carbonyl (C=O) groups excluding carboxylic acids is 3. The van der Waals surface area contributed by atoms with Crippen molar-refractivity contribution in [1.82, 2.24) is 25.7 Å². The van der Waals surface area contributed by atoms with Crippen LogP contribution in [0.2, 0.25) is 0 Å². The highest BCUT2D eigenvalue weighted by Crippen LogP contribution is 2.31. The fourth-order valence-electron chi connectivity index (χ4n) is 4.66. The molecule has 40 heavy (non-hydrogen) atoms. The predicted octanol–water partition coefficient (Wildman–Crippen LogP) is 4.14. The number of hydrogen-bond acceptors (Lipinski definition) is 6. The number of aromatic amines is 1. The molecule has 2 aromatic carbocycles. The van der Waals surface area contributed by atoms with E-state index < -0.39 is 0 Å². The van der Waals surface area contributed by atoms with Gasteiger partial charge in [-0.2, -0.15) is 5.10 Å². The number of nitrogens with one attached hydrogen (secondary N) is 3. The first-order chi connectivity index (χ1) is 19.4. The number of thiophene rings is 1. The number of amides is 3. The van der Waals surface area contributed by atoms with E-state index in [-0.39, 0.29) is 35.7 Å². The number of hydrogen-bond donors (Lipinski definition) is 4. The Morgan fingerprint density at radius 1 is 0.975 bits per heavy atom. The molecule has 0 atom stereocenters. The summed E-state index contributed by atoms with van der Waals surface area (Å²) in [4.78, 5) is 42.7. The van der Waals surface area contributed by atoms with Gasteiger partial charge in [-0.3, -0.25) is 19.5 Å². The van der Waals surface area contributed by atoms with Gasteiger partial charge in [0.15, 0.2) is 5.69 Å². The van der Waals surface area contributed by atoms with Gasteiger partial charge in [0.25, 0.3) is 11.8 Å². The summed E-state index contributed by atoms with van der Waals surface area (Å²) >= 11 is 1.61. The Labute approximate surface area is 236 Å². The molecule has 4 bridgehead atoms. The number of fused-ring (bicyclic) bond motifs is 5. The van der Waals surface area contributed by atoms with E-state index in [1.807, 2.05) is 31.2 Å². The number of aromatic nitrogens is 2. The Balaban J connectivity index is 1.34. The second-order valence-corrected chi connectivity index (χ2v) is 11.1. The SMILES string of the molecule is Cc1ccc(-c2cc(C(=O)N3CCCCNC(=O)c4cccc(c4)-c4cc(ccc4O)CCNC(=O)C3)n[nH]2)s1. The average molecular weight is 558 g/mol. The minimum absolute atomic E-state index is 0.100. The molecule has 4 aromatic rings. The minimum Gasteiger partial charge on any atom is -0.507 e. The molecule has 0 aliphatic carbocycles. The van der Waals surface area contributed by atoms with E-state index in [1.165, 1.54) is 4.90 Å². The first-order valence-corrected chi connectivity index (χ1v) is 14.1. The Hall–Kier alpha value is -4.44. The van der Waals surface area contributed by atoms with Gasteiger partial charge in [0.1, 0.15) is 5.75 Å². The van der Waals surface area contributed by atoms with Gasteiger partial charge in [0.2, 0.25) is 5.91 Å². The third-order valence-electron chi connectivity index (χ3n) is 6.80. The molecule has 1 aliphatic rings. The van der Waals surface area contributed by atoms with Gasteiger partial charge in [-0.1, -0.05) is 18.2 Å². The van der Waals surface area contributed by atoms with Gasteiger partial charge in [-0.25, -0.2) is 0 Å². The van der Waals surface area contributed by atoms with Crippen LogP contribution in [0.25, 0.3) is 21.7 Å². The highest BCUT2D eigenvalue weighted by molar-refractivity contribution is 7.15. The molecule has 1 aliphatic heterocycles. The lowest BCUT2D eigenvalue weighted by molar-refractivity contribution is -0.121. The zero-order valence-electron chi connectivity index (χ0n) is 22.2. The minimum atomic E-state index is -0.329. The molecule has 4 N–H and O–H groups in total. The highest BCUT2D eigenvalue weighted by atomic mass is 32.1. The maximum Gasteiger partial charge on any atom is 0.274 e. The van der Waals surface area contributed by atoms with Crippen molar-refractivity contribution < 1.29 is 19.5 Å². The Morgan fingerprint density at radius 2 is 1.82 bits per heavy atom. The number of nitrogens with zero attached hydrogens (tertiary/aromatic N) is 2. The van der Waals surface area contributed by atoms with Crippen LogP contribution in [-0.2, 0) is 11.2 Å². The molecule has 0 saturated heterocycles. The van der Waals surface area contributed by atoms with Crippen LogP contribution in [0.5, 0.6) is 5.75 Å². The van der Waals surface area contributed by atoms with Crippen molar-refractivity contribution in [3.8, 4) is 27.4 Å². The van der Waals surface area contributed by atoms with Crippen LogP contribution in [0.15, 0.2) is 60.7 Å². The van der Waals surface area contributed by atoms with Gasteiger partial charge in [-0.05, 0) is 79.8 Å². The highest BCUT2D eigenvalue weighted by Gasteiger charge is 2.22. The van der Waals surface area contributed by atoms with E-state index >= 15 is 0 Å². The Kier molecular flexibility index (Phi) is 8.26. The number of aryl methyl sites for hydroxylation is 1. The molecule has 206 valence electrons. The Morgan fingerprint density at radius 3 is 2.65 bits per heavy atom. The van der Waals surface area contributed by atoms with Crippen LogP contribution >= 0.6 is 11.3 Å². The summed E-state index contributed by atoms with van der Waals surface area (Å²) in [5.74, 6) is -0.688. The quantitative estimate of drug-likeness (QED) is 0.295. The molecule has 0 fully saturated rings. The summed E-state index contributed by atoms with van der Waals surface area (Å²) in [7, 11) is 0. The zero-order chi connectivity index (χ0) is 28.1. The lowest BCUT2D eigenvalue weighted by Crippen LogP contribution is -2.42. The van der Waals surface area contributed by atoms with E-state index in [9.17, 15) is 19.5 Å². The summed E-state index contributed by atoms with van der Waals surface area (Å²) in [6, 6.07) is 18.1. The number of H-pyrrole nitrogens is 1. The normalized spacial score (nSPS) is 15.1. The van der Waals surface area contributed by atoms with Crippen molar-refractivity contribution in [3.05, 3.63) is 82.4 Å². The van der Waals surface area contributed by atoms with E-state index in [2.05, 4.69) is 20.8 Å². The van der Waals surface area contributed by atoms with Crippen molar-refractivity contribution >= 4 is 29.1 Å². The van der Waals surface area contributed by atoms with Gasteiger partial charge < -0.3 is 20.6 Å². The third-order valence-corrected chi connectivity index (χ3v) is 7.83. The standard InChI is InChI=1S/C30H31N5O4S/c1-19-7-10-27(40-19)24-17-25(34-33-24)30(39)35-14-3-2-12-32-29(38)22-6-4-5-21(16-22)23-15-20(8-9-26(23)36)11-13-31-28(37)18-35/h4-10,15-17,36H,2-3,11-14,18H2,1H3,(H,31,37)(H,32,38)(H,33,34). The summed E-state index contributed by atoms with van der Waals surface area (Å²) in [6.45, 7) is 3.05. The van der Waals surface area contributed by atoms with Crippen LogP contribution in [0.1, 0.15) is 44.1 Å². The number of carbonyl (C=O) groups is 3. The molecular formula is C30H31N5O4S. The molecule has 2 aromatic heterocycles. The summed E-state index contributed by atoms with van der Waals surface area (Å²) in [6.07, 6.45) is 1.76. The second-order valence-electron chi connectivity index (χ2n) is 9.80. The van der Waals surface area contributed by atoms with E-state index in [4.69, 9.17) is 0 Å². The molecule has 3 heterocycles. The smallest absolute Gasteiger partial charge is 0.274 e. The maximum absolute atomic E-state index is 13.4.